The maximum absolute atomic E-state index is 12.3. The molecule has 0 aliphatic carbocycles. The third-order valence-corrected chi connectivity index (χ3v) is 3.44. The first kappa shape index (κ1) is 17.4. The van der Waals surface area contributed by atoms with E-state index in [-0.39, 0.29) is 17.3 Å². The third kappa shape index (κ3) is 5.85. The van der Waals surface area contributed by atoms with Crippen molar-refractivity contribution in [3.63, 3.8) is 0 Å². The molecule has 0 unspecified atom stereocenters. The van der Waals surface area contributed by atoms with Crippen LogP contribution in [0.25, 0.3) is 0 Å². The Balaban J connectivity index is 4.53. The molecule has 0 fully saturated rings. The molecule has 1 atom stereocenters. The minimum atomic E-state index is -0.391. The van der Waals surface area contributed by atoms with Gasteiger partial charge in [0.25, 0.3) is 0 Å². The van der Waals surface area contributed by atoms with E-state index in [1.54, 1.807) is 0 Å². The average Bonchev–Trinajstić information content (AvgIpc) is 2.21. The van der Waals surface area contributed by atoms with Gasteiger partial charge in [-0.1, -0.05) is 34.6 Å². The quantitative estimate of drug-likeness (QED) is 0.562. The van der Waals surface area contributed by atoms with Gasteiger partial charge in [-0.25, -0.2) is 0 Å². The van der Waals surface area contributed by atoms with Gasteiger partial charge >= 0.3 is 5.97 Å². The Bertz CT molecular complexity index is 256. The topological polar surface area (TPSA) is 38.3 Å². The molecule has 0 bridgehead atoms. The summed E-state index contributed by atoms with van der Waals surface area (Å²) in [5, 5.41) is 3.05. The maximum Gasteiger partial charge on any atom is 0.312 e. The van der Waals surface area contributed by atoms with Gasteiger partial charge in [0, 0.05) is 0 Å². The molecule has 0 amide bonds. The molecule has 1 N–H and O–H groups in total. The van der Waals surface area contributed by atoms with E-state index in [1.165, 1.54) is 0 Å². The predicted molar refractivity (Wildman–Crippen MR) is 76.5 cm³/mol. The molecule has 0 aromatic heterocycles. The van der Waals surface area contributed by atoms with E-state index in [4.69, 9.17) is 4.74 Å². The van der Waals surface area contributed by atoms with E-state index < -0.39 is 5.41 Å². The van der Waals surface area contributed by atoms with E-state index in [0.717, 1.165) is 19.4 Å². The fraction of sp³-hybridized carbons (Fsp3) is 0.933. The second-order valence-corrected chi connectivity index (χ2v) is 6.90. The second-order valence-electron chi connectivity index (χ2n) is 6.90. The van der Waals surface area contributed by atoms with Gasteiger partial charge in [-0.2, -0.15) is 0 Å². The highest BCUT2D eigenvalue weighted by atomic mass is 16.5. The van der Waals surface area contributed by atoms with Gasteiger partial charge in [0.05, 0.1) is 12.0 Å². The third-order valence-electron chi connectivity index (χ3n) is 3.44. The summed E-state index contributed by atoms with van der Waals surface area (Å²) in [7, 11) is 1.90. The first-order valence-electron chi connectivity index (χ1n) is 6.95. The number of ether oxygens (including phenoxy) is 1. The Labute approximate surface area is 113 Å². The van der Waals surface area contributed by atoms with Crippen LogP contribution >= 0.6 is 0 Å². The van der Waals surface area contributed by atoms with Crippen molar-refractivity contribution in [2.45, 2.75) is 54.4 Å². The van der Waals surface area contributed by atoms with Crippen molar-refractivity contribution in [2.24, 2.45) is 16.7 Å². The van der Waals surface area contributed by atoms with E-state index >= 15 is 0 Å². The van der Waals surface area contributed by atoms with Crippen molar-refractivity contribution < 1.29 is 9.53 Å². The van der Waals surface area contributed by atoms with Crippen LogP contribution < -0.4 is 5.32 Å². The van der Waals surface area contributed by atoms with E-state index in [1.807, 2.05) is 14.0 Å². The van der Waals surface area contributed by atoms with E-state index in [2.05, 4.69) is 39.9 Å². The summed E-state index contributed by atoms with van der Waals surface area (Å²) in [5.74, 6) is 0.233. The largest absolute Gasteiger partial charge is 0.465 e. The van der Waals surface area contributed by atoms with Gasteiger partial charge in [0.1, 0.15) is 0 Å². The van der Waals surface area contributed by atoms with Crippen molar-refractivity contribution in [3.8, 4) is 0 Å². The highest BCUT2D eigenvalue weighted by molar-refractivity contribution is 5.76. The van der Waals surface area contributed by atoms with E-state index in [0.29, 0.717) is 6.61 Å². The van der Waals surface area contributed by atoms with Gasteiger partial charge in [-0.05, 0) is 44.7 Å². The van der Waals surface area contributed by atoms with E-state index in [9.17, 15) is 4.79 Å². The van der Waals surface area contributed by atoms with Crippen LogP contribution in [0.4, 0.5) is 0 Å². The zero-order valence-electron chi connectivity index (χ0n) is 13.2. The number of rotatable bonds is 7. The molecule has 0 radical (unpaired) electrons. The summed E-state index contributed by atoms with van der Waals surface area (Å²) in [5.41, 5.74) is -0.263. The van der Waals surface area contributed by atoms with Crippen molar-refractivity contribution in [2.75, 3.05) is 20.2 Å². The molecule has 0 saturated carbocycles. The molecule has 0 rings (SSSR count). The Hall–Kier alpha value is -0.570. The Kier molecular flexibility index (Phi) is 6.90. The van der Waals surface area contributed by atoms with Crippen LogP contribution in [0.1, 0.15) is 54.4 Å². The highest BCUT2D eigenvalue weighted by Gasteiger charge is 2.41. The molecule has 0 heterocycles. The smallest absolute Gasteiger partial charge is 0.312 e. The summed E-state index contributed by atoms with van der Waals surface area (Å²) in [6.07, 6.45) is 1.72. The van der Waals surface area contributed by atoms with Crippen molar-refractivity contribution in [1.29, 1.82) is 0 Å². The number of carbonyl (C=O) groups excluding carboxylic acids is 1. The van der Waals surface area contributed by atoms with Gasteiger partial charge in [-0.15, -0.1) is 0 Å². The molecule has 18 heavy (non-hydrogen) atoms. The molecular weight excluding hydrogens is 226 g/mol. The lowest BCUT2D eigenvalue weighted by molar-refractivity contribution is -0.160. The first-order valence-corrected chi connectivity index (χ1v) is 6.95. The Morgan fingerprint density at radius 1 is 1.22 bits per heavy atom. The minimum absolute atomic E-state index is 0.0523. The molecule has 0 saturated heterocycles. The molecular formula is C15H31NO2. The van der Waals surface area contributed by atoms with Crippen molar-refractivity contribution in [1.82, 2.24) is 5.32 Å². The number of carbonyl (C=O) groups is 1. The molecule has 0 aromatic rings. The summed E-state index contributed by atoms with van der Waals surface area (Å²) in [6.45, 7) is 14.1. The van der Waals surface area contributed by atoms with Gasteiger partial charge in [-0.3, -0.25) is 4.79 Å². The molecule has 0 aromatic carbocycles. The molecule has 0 spiro atoms. The molecule has 3 nitrogen and oxygen atoms in total. The zero-order valence-corrected chi connectivity index (χ0v) is 13.2. The highest BCUT2D eigenvalue weighted by Crippen LogP contribution is 2.40. The van der Waals surface area contributed by atoms with Crippen LogP contribution in [0.2, 0.25) is 0 Å². The number of hydrogen-bond donors (Lipinski definition) is 1. The lowest BCUT2D eigenvalue weighted by atomic mass is 9.69. The Morgan fingerprint density at radius 3 is 2.17 bits per heavy atom. The number of hydrogen-bond acceptors (Lipinski definition) is 3. The first-order chi connectivity index (χ1) is 8.13. The molecule has 0 aliphatic rings. The van der Waals surface area contributed by atoms with Gasteiger partial charge < -0.3 is 10.1 Å². The summed E-state index contributed by atoms with van der Waals surface area (Å²) in [4.78, 5) is 12.3. The lowest BCUT2D eigenvalue weighted by Crippen LogP contribution is -2.38. The second kappa shape index (κ2) is 7.13. The summed E-state index contributed by atoms with van der Waals surface area (Å²) >= 11 is 0. The molecule has 108 valence electrons. The number of nitrogens with one attached hydrogen (secondary N) is 1. The van der Waals surface area contributed by atoms with Crippen molar-refractivity contribution >= 4 is 5.97 Å². The minimum Gasteiger partial charge on any atom is -0.465 e. The normalized spacial score (nSPS) is 15.6. The predicted octanol–water partition coefficient (Wildman–Crippen LogP) is 3.24. The maximum atomic E-state index is 12.3. The van der Waals surface area contributed by atoms with Crippen molar-refractivity contribution in [3.05, 3.63) is 0 Å². The van der Waals surface area contributed by atoms with Crippen LogP contribution in [-0.2, 0) is 9.53 Å². The molecule has 0 aliphatic heterocycles. The van der Waals surface area contributed by atoms with Crippen LogP contribution in [-0.4, -0.2) is 26.2 Å². The van der Waals surface area contributed by atoms with Crippen LogP contribution in [0.3, 0.4) is 0 Å². The summed E-state index contributed by atoms with van der Waals surface area (Å²) in [6, 6.07) is 0. The van der Waals surface area contributed by atoms with Crippen LogP contribution in [0.5, 0.6) is 0 Å². The SMILES string of the molecule is CNCCCOC(=O)[C@](C)(CC(C)(C)C)C(C)C. The fourth-order valence-electron chi connectivity index (χ4n) is 2.19. The lowest BCUT2D eigenvalue weighted by Gasteiger charge is -2.36. The summed E-state index contributed by atoms with van der Waals surface area (Å²) < 4.78 is 5.44. The Morgan fingerprint density at radius 2 is 1.78 bits per heavy atom. The van der Waals surface area contributed by atoms with Crippen LogP contribution in [0.15, 0.2) is 0 Å². The van der Waals surface area contributed by atoms with Crippen LogP contribution in [0, 0.1) is 16.7 Å². The van der Waals surface area contributed by atoms with Gasteiger partial charge in [0.2, 0.25) is 0 Å². The molecule has 3 heteroatoms. The average molecular weight is 257 g/mol. The fourth-order valence-corrected chi connectivity index (χ4v) is 2.19. The van der Waals surface area contributed by atoms with Gasteiger partial charge in [0.15, 0.2) is 0 Å². The number of esters is 1. The zero-order chi connectivity index (χ0) is 14.4. The standard InChI is InChI=1S/C15H31NO2/c1-12(2)15(6,11-14(3,4)5)13(17)18-10-8-9-16-7/h12,16H,8-11H2,1-7H3/t15-/m1/s1. The monoisotopic (exact) mass is 257 g/mol.